The number of thiophene rings is 1. The molecule has 0 aliphatic carbocycles. The summed E-state index contributed by atoms with van der Waals surface area (Å²) in [6.07, 6.45) is 0. The number of carbonyl (C=O) groups is 1. The molecular weight excluding hydrogens is 310 g/mol. The molecule has 7 heteroatoms. The van der Waals surface area contributed by atoms with Crippen molar-refractivity contribution in [3.8, 4) is 11.8 Å². The minimum Gasteiger partial charge on any atom is -0.487 e. The molecule has 0 fully saturated rings. The Balaban J connectivity index is 2.18. The number of hydrogen-bond acceptors (Lipinski definition) is 5. The van der Waals surface area contributed by atoms with Gasteiger partial charge in [0.2, 0.25) is 0 Å². The maximum Gasteiger partial charge on any atom is 0.275 e. The third kappa shape index (κ3) is 3.34. The van der Waals surface area contributed by atoms with Crippen LogP contribution in [-0.2, 0) is 6.61 Å². The maximum absolute atomic E-state index is 11.5. The van der Waals surface area contributed by atoms with Gasteiger partial charge >= 0.3 is 0 Å². The number of rotatable bonds is 4. The number of aryl methyl sites for hydroxylation is 1. The standard InChI is InChI=1S/C14H12ClN3O2S/c1-8-9(5-13(21-8)14(19)18-17)7-20-12-4-2-3-11(15)10(12)6-16/h2-5H,7,17H2,1H3,(H,18,19). The van der Waals surface area contributed by atoms with E-state index in [1.54, 1.807) is 24.3 Å². The summed E-state index contributed by atoms with van der Waals surface area (Å²) in [6, 6.07) is 8.76. The first kappa shape index (κ1) is 15.3. The van der Waals surface area contributed by atoms with E-state index in [1.165, 1.54) is 11.3 Å². The first-order valence-electron chi connectivity index (χ1n) is 5.98. The fourth-order valence-electron chi connectivity index (χ4n) is 1.73. The van der Waals surface area contributed by atoms with Gasteiger partial charge in [0.05, 0.1) is 9.90 Å². The summed E-state index contributed by atoms with van der Waals surface area (Å²) in [5.41, 5.74) is 3.25. The van der Waals surface area contributed by atoms with E-state index in [9.17, 15) is 4.79 Å². The van der Waals surface area contributed by atoms with Crippen molar-refractivity contribution in [1.82, 2.24) is 5.43 Å². The van der Waals surface area contributed by atoms with Crippen LogP contribution in [0, 0.1) is 18.3 Å². The molecule has 0 saturated carbocycles. The van der Waals surface area contributed by atoms with E-state index in [2.05, 4.69) is 5.43 Å². The number of nitrogens with one attached hydrogen (secondary N) is 1. The third-order valence-corrected chi connectivity index (χ3v) is 4.25. The summed E-state index contributed by atoms with van der Waals surface area (Å²) < 4.78 is 5.64. The molecule has 2 rings (SSSR count). The molecule has 1 amide bonds. The highest BCUT2D eigenvalue weighted by molar-refractivity contribution is 7.14. The number of nitrogens with zero attached hydrogens (tertiary/aromatic N) is 1. The van der Waals surface area contributed by atoms with Crippen LogP contribution in [0.15, 0.2) is 24.3 Å². The second-order valence-corrected chi connectivity index (χ2v) is 5.84. The van der Waals surface area contributed by atoms with Crippen LogP contribution in [0.25, 0.3) is 0 Å². The largest absolute Gasteiger partial charge is 0.487 e. The lowest BCUT2D eigenvalue weighted by molar-refractivity contribution is 0.0957. The van der Waals surface area contributed by atoms with Crippen LogP contribution in [0.4, 0.5) is 0 Å². The van der Waals surface area contributed by atoms with E-state index in [-0.39, 0.29) is 12.5 Å². The van der Waals surface area contributed by atoms with Crippen LogP contribution in [0.3, 0.4) is 0 Å². The summed E-state index contributed by atoms with van der Waals surface area (Å²) in [5.74, 6) is 5.19. The lowest BCUT2D eigenvalue weighted by Crippen LogP contribution is -2.29. The molecule has 21 heavy (non-hydrogen) atoms. The van der Waals surface area contributed by atoms with E-state index in [1.807, 2.05) is 13.0 Å². The van der Waals surface area contributed by atoms with Crippen molar-refractivity contribution in [1.29, 1.82) is 5.26 Å². The predicted octanol–water partition coefficient (Wildman–Crippen LogP) is 2.76. The van der Waals surface area contributed by atoms with Gasteiger partial charge in [-0.05, 0) is 25.1 Å². The Labute approximate surface area is 130 Å². The van der Waals surface area contributed by atoms with E-state index >= 15 is 0 Å². The summed E-state index contributed by atoms with van der Waals surface area (Å²) in [7, 11) is 0. The first-order valence-corrected chi connectivity index (χ1v) is 7.18. The van der Waals surface area contributed by atoms with Gasteiger partial charge in [-0.2, -0.15) is 5.26 Å². The zero-order valence-corrected chi connectivity index (χ0v) is 12.7. The second-order valence-electron chi connectivity index (χ2n) is 4.18. The van der Waals surface area contributed by atoms with Gasteiger partial charge < -0.3 is 4.74 Å². The van der Waals surface area contributed by atoms with Crippen molar-refractivity contribution < 1.29 is 9.53 Å². The number of ether oxygens (including phenoxy) is 1. The Morgan fingerprint density at radius 2 is 2.33 bits per heavy atom. The highest BCUT2D eigenvalue weighted by Gasteiger charge is 2.13. The molecule has 1 heterocycles. The van der Waals surface area contributed by atoms with Crippen LogP contribution in [0.1, 0.15) is 25.7 Å². The maximum atomic E-state index is 11.5. The monoisotopic (exact) mass is 321 g/mol. The fourth-order valence-corrected chi connectivity index (χ4v) is 2.87. The number of carbonyl (C=O) groups excluding carboxylic acids is 1. The Kier molecular flexibility index (Phi) is 4.81. The summed E-state index contributed by atoms with van der Waals surface area (Å²) in [5, 5.41) is 9.43. The minimum absolute atomic E-state index is 0.245. The molecule has 1 aromatic carbocycles. The van der Waals surface area contributed by atoms with Crippen LogP contribution >= 0.6 is 22.9 Å². The molecule has 0 saturated heterocycles. The van der Waals surface area contributed by atoms with E-state index in [0.717, 1.165) is 10.4 Å². The molecule has 0 aliphatic heterocycles. The number of benzene rings is 1. The van der Waals surface area contributed by atoms with Crippen LogP contribution in [0.2, 0.25) is 5.02 Å². The van der Waals surface area contributed by atoms with Gasteiger partial charge in [-0.25, -0.2) is 5.84 Å². The molecule has 0 bridgehead atoms. The predicted molar refractivity (Wildman–Crippen MR) is 81.2 cm³/mol. The molecule has 0 aliphatic rings. The van der Waals surface area contributed by atoms with E-state index in [0.29, 0.717) is 21.2 Å². The number of nitrogen functional groups attached to an aromatic ring is 1. The van der Waals surface area contributed by atoms with Crippen molar-refractivity contribution >= 4 is 28.8 Å². The first-order chi connectivity index (χ1) is 10.1. The van der Waals surface area contributed by atoms with E-state index in [4.69, 9.17) is 27.4 Å². The van der Waals surface area contributed by atoms with Crippen LogP contribution < -0.4 is 16.0 Å². The molecule has 5 nitrogen and oxygen atoms in total. The van der Waals surface area contributed by atoms with Crippen molar-refractivity contribution in [3.63, 3.8) is 0 Å². The molecule has 3 N–H and O–H groups in total. The summed E-state index contributed by atoms with van der Waals surface area (Å²) in [6.45, 7) is 2.13. The quantitative estimate of drug-likeness (QED) is 0.515. The number of hydrogen-bond donors (Lipinski definition) is 2. The summed E-state index contributed by atoms with van der Waals surface area (Å²) >= 11 is 7.27. The van der Waals surface area contributed by atoms with Gasteiger partial charge in [0.15, 0.2) is 0 Å². The van der Waals surface area contributed by atoms with Crippen molar-refractivity contribution in [2.24, 2.45) is 5.84 Å². The SMILES string of the molecule is Cc1sc(C(=O)NN)cc1COc1cccc(Cl)c1C#N. The molecule has 0 spiro atoms. The lowest BCUT2D eigenvalue weighted by atomic mass is 10.2. The van der Waals surface area contributed by atoms with Gasteiger partial charge in [-0.3, -0.25) is 10.2 Å². The molecule has 0 radical (unpaired) electrons. The normalized spacial score (nSPS) is 10.0. The number of nitrogens with two attached hydrogens (primary N) is 1. The molecule has 108 valence electrons. The van der Waals surface area contributed by atoms with Crippen molar-refractivity contribution in [2.45, 2.75) is 13.5 Å². The zero-order chi connectivity index (χ0) is 15.4. The van der Waals surface area contributed by atoms with Crippen LogP contribution in [-0.4, -0.2) is 5.91 Å². The van der Waals surface area contributed by atoms with Crippen molar-refractivity contribution in [2.75, 3.05) is 0 Å². The number of hydrazine groups is 1. The summed E-state index contributed by atoms with van der Waals surface area (Å²) in [4.78, 5) is 12.9. The smallest absolute Gasteiger partial charge is 0.275 e. The van der Waals surface area contributed by atoms with Gasteiger partial charge in [0.25, 0.3) is 5.91 Å². The highest BCUT2D eigenvalue weighted by Crippen LogP contribution is 2.28. The Morgan fingerprint density at radius 3 is 3.00 bits per heavy atom. The highest BCUT2D eigenvalue weighted by atomic mass is 35.5. The van der Waals surface area contributed by atoms with Gasteiger partial charge in [0, 0.05) is 10.4 Å². The molecule has 2 aromatic rings. The molecule has 1 aromatic heterocycles. The van der Waals surface area contributed by atoms with Gasteiger partial charge in [-0.1, -0.05) is 17.7 Å². The van der Waals surface area contributed by atoms with Crippen LogP contribution in [0.5, 0.6) is 5.75 Å². The van der Waals surface area contributed by atoms with Gasteiger partial charge in [0.1, 0.15) is 24.0 Å². The second kappa shape index (κ2) is 6.59. The zero-order valence-electron chi connectivity index (χ0n) is 11.1. The number of amides is 1. The lowest BCUT2D eigenvalue weighted by Gasteiger charge is -2.08. The Morgan fingerprint density at radius 1 is 1.57 bits per heavy atom. The third-order valence-electron chi connectivity index (χ3n) is 2.85. The van der Waals surface area contributed by atoms with E-state index < -0.39 is 0 Å². The van der Waals surface area contributed by atoms with Crippen molar-refractivity contribution in [3.05, 3.63) is 50.2 Å². The molecule has 0 unspecified atom stereocenters. The Bertz CT molecular complexity index is 721. The number of nitriles is 1. The topological polar surface area (TPSA) is 88.1 Å². The number of halogens is 1. The molecule has 0 atom stereocenters. The average molecular weight is 322 g/mol. The fraction of sp³-hybridized carbons (Fsp3) is 0.143. The average Bonchev–Trinajstić information content (AvgIpc) is 2.85. The minimum atomic E-state index is -0.338. The Hall–Kier alpha value is -2.07. The molecular formula is C14H12ClN3O2S. The van der Waals surface area contributed by atoms with Gasteiger partial charge in [-0.15, -0.1) is 11.3 Å².